The molecule has 0 spiro atoms. The first-order chi connectivity index (χ1) is 12.2. The molecule has 0 radical (unpaired) electrons. The van der Waals surface area contributed by atoms with Crippen LogP contribution in [0.1, 0.15) is 19.8 Å². The highest BCUT2D eigenvalue weighted by Gasteiger charge is 2.23. The van der Waals surface area contributed by atoms with Gasteiger partial charge in [0.1, 0.15) is 6.54 Å². The van der Waals surface area contributed by atoms with Crippen molar-refractivity contribution in [1.82, 2.24) is 30.4 Å². The Morgan fingerprint density at radius 1 is 1.27 bits per heavy atom. The third kappa shape index (κ3) is 5.40. The molecule has 1 aromatic heterocycles. The van der Waals surface area contributed by atoms with Crippen LogP contribution in [0.4, 0.5) is 0 Å². The summed E-state index contributed by atoms with van der Waals surface area (Å²) in [6.45, 7) is 5.86. The number of likely N-dealkylation sites (tertiary alicyclic amines) is 1. The van der Waals surface area contributed by atoms with Gasteiger partial charge in [0.2, 0.25) is 11.7 Å². The van der Waals surface area contributed by atoms with Crippen LogP contribution in [0.15, 0.2) is 24.3 Å². The van der Waals surface area contributed by atoms with Crippen molar-refractivity contribution in [3.8, 4) is 11.4 Å². The predicted octanol–water partition coefficient (Wildman–Crippen LogP) is 2.26. The number of hydrogen-bond donors (Lipinski definition) is 1. The van der Waals surface area contributed by atoms with Crippen LogP contribution in [0.25, 0.3) is 11.4 Å². The van der Waals surface area contributed by atoms with E-state index in [2.05, 4.69) is 27.7 Å². The molecule has 1 amide bonds. The quantitative estimate of drug-likeness (QED) is 0.807. The van der Waals surface area contributed by atoms with Crippen LogP contribution >= 0.6 is 24.0 Å². The smallest absolute Gasteiger partial charge is 0.246 e. The average Bonchev–Trinajstić information content (AvgIpc) is 3.09. The molecule has 2 heterocycles. The highest BCUT2D eigenvalue weighted by molar-refractivity contribution is 6.30. The molecule has 2 aromatic rings. The van der Waals surface area contributed by atoms with Gasteiger partial charge in [-0.05, 0) is 61.3 Å². The molecule has 0 atom stereocenters. The molecule has 1 aliphatic heterocycles. The number of nitrogens with zero attached hydrogens (tertiary/aromatic N) is 5. The summed E-state index contributed by atoms with van der Waals surface area (Å²) >= 11 is 5.88. The zero-order valence-electron chi connectivity index (χ0n) is 14.8. The molecule has 9 heteroatoms. The first-order valence-corrected chi connectivity index (χ1v) is 9.05. The van der Waals surface area contributed by atoms with E-state index in [-0.39, 0.29) is 24.9 Å². The molecule has 0 bridgehead atoms. The van der Waals surface area contributed by atoms with Crippen LogP contribution in [0.3, 0.4) is 0 Å². The third-order valence-electron chi connectivity index (χ3n) is 4.48. The van der Waals surface area contributed by atoms with Gasteiger partial charge in [-0.1, -0.05) is 18.5 Å². The Bertz CT molecular complexity index is 698. The van der Waals surface area contributed by atoms with Crippen molar-refractivity contribution in [2.45, 2.75) is 26.3 Å². The molecule has 7 nitrogen and oxygen atoms in total. The lowest BCUT2D eigenvalue weighted by Gasteiger charge is -2.31. The maximum atomic E-state index is 12.4. The Balaban J connectivity index is 0.00000243. The number of carbonyl (C=O) groups excluding carboxylic acids is 1. The summed E-state index contributed by atoms with van der Waals surface area (Å²) in [6.07, 6.45) is 2.08. The van der Waals surface area contributed by atoms with Crippen LogP contribution in [0.5, 0.6) is 0 Å². The lowest BCUT2D eigenvalue weighted by molar-refractivity contribution is -0.133. The first-order valence-electron chi connectivity index (χ1n) is 8.68. The number of benzene rings is 1. The maximum Gasteiger partial charge on any atom is 0.246 e. The largest absolute Gasteiger partial charge is 0.341 e. The van der Waals surface area contributed by atoms with Gasteiger partial charge in [0.05, 0.1) is 0 Å². The van der Waals surface area contributed by atoms with Crippen molar-refractivity contribution in [3.63, 3.8) is 0 Å². The second-order valence-corrected chi connectivity index (χ2v) is 6.72. The minimum Gasteiger partial charge on any atom is -0.341 e. The number of rotatable bonds is 6. The van der Waals surface area contributed by atoms with E-state index in [0.29, 0.717) is 16.8 Å². The molecule has 0 aliphatic carbocycles. The molecule has 1 aliphatic rings. The van der Waals surface area contributed by atoms with Gasteiger partial charge in [0.15, 0.2) is 0 Å². The summed E-state index contributed by atoms with van der Waals surface area (Å²) in [5.74, 6) is 1.20. The lowest BCUT2D eigenvalue weighted by Crippen LogP contribution is -2.42. The van der Waals surface area contributed by atoms with Gasteiger partial charge in [-0.15, -0.1) is 22.6 Å². The fourth-order valence-electron chi connectivity index (χ4n) is 2.98. The third-order valence-corrected chi connectivity index (χ3v) is 4.73. The maximum absolute atomic E-state index is 12.4. The highest BCUT2D eigenvalue weighted by atomic mass is 35.5. The molecule has 3 rings (SSSR count). The summed E-state index contributed by atoms with van der Waals surface area (Å²) in [4.78, 5) is 15.7. The van der Waals surface area contributed by atoms with Gasteiger partial charge in [0, 0.05) is 23.7 Å². The van der Waals surface area contributed by atoms with Crippen molar-refractivity contribution in [2.24, 2.45) is 5.92 Å². The molecule has 26 heavy (non-hydrogen) atoms. The van der Waals surface area contributed by atoms with Gasteiger partial charge < -0.3 is 10.2 Å². The minimum atomic E-state index is 0. The van der Waals surface area contributed by atoms with Crippen LogP contribution in [-0.4, -0.2) is 57.2 Å². The summed E-state index contributed by atoms with van der Waals surface area (Å²) < 4.78 is 0. The average molecular weight is 399 g/mol. The van der Waals surface area contributed by atoms with Crippen LogP contribution in [-0.2, 0) is 11.3 Å². The van der Waals surface area contributed by atoms with E-state index in [0.717, 1.165) is 44.6 Å². The second kappa shape index (κ2) is 9.85. The van der Waals surface area contributed by atoms with E-state index in [4.69, 9.17) is 11.6 Å². The van der Waals surface area contributed by atoms with E-state index < -0.39 is 0 Å². The van der Waals surface area contributed by atoms with Crippen molar-refractivity contribution < 1.29 is 4.79 Å². The summed E-state index contributed by atoms with van der Waals surface area (Å²) in [5, 5.41) is 16.3. The minimum absolute atomic E-state index is 0. The number of halogens is 2. The first kappa shape index (κ1) is 20.6. The van der Waals surface area contributed by atoms with Gasteiger partial charge in [-0.2, -0.15) is 4.80 Å². The van der Waals surface area contributed by atoms with E-state index in [1.54, 1.807) is 12.1 Å². The Labute approximate surface area is 164 Å². The molecule has 1 fully saturated rings. The van der Waals surface area contributed by atoms with E-state index >= 15 is 0 Å². The summed E-state index contributed by atoms with van der Waals surface area (Å²) in [7, 11) is 0. The highest BCUT2D eigenvalue weighted by Crippen LogP contribution is 2.18. The number of nitrogens with one attached hydrogen (secondary N) is 1. The standard InChI is InChI=1S/C17H23ClN6O.ClH/c1-2-19-11-13-7-9-23(10-8-13)16(25)12-24-21-17(20-22-24)14-3-5-15(18)6-4-14;/h3-6,13,19H,2,7-12H2,1H3;1H. The molecule has 0 saturated carbocycles. The van der Waals surface area contributed by atoms with Crippen molar-refractivity contribution in [2.75, 3.05) is 26.2 Å². The van der Waals surface area contributed by atoms with Crippen molar-refractivity contribution >= 4 is 29.9 Å². The number of aromatic nitrogens is 4. The van der Waals surface area contributed by atoms with E-state index in [1.807, 2.05) is 17.0 Å². The number of tetrazole rings is 1. The normalized spacial score (nSPS) is 14.9. The molecular formula is C17H24Cl2N6O. The molecule has 1 N–H and O–H groups in total. The molecule has 142 valence electrons. The monoisotopic (exact) mass is 398 g/mol. The number of hydrogen-bond acceptors (Lipinski definition) is 5. The van der Waals surface area contributed by atoms with Gasteiger partial charge in [-0.25, -0.2) is 0 Å². The molecule has 1 saturated heterocycles. The lowest BCUT2D eigenvalue weighted by atomic mass is 9.97. The Morgan fingerprint density at radius 3 is 2.62 bits per heavy atom. The van der Waals surface area contributed by atoms with Crippen molar-refractivity contribution in [1.29, 1.82) is 0 Å². The molecular weight excluding hydrogens is 375 g/mol. The Kier molecular flexibility index (Phi) is 7.81. The fraction of sp³-hybridized carbons (Fsp3) is 0.529. The second-order valence-electron chi connectivity index (χ2n) is 6.28. The molecule has 1 aromatic carbocycles. The summed E-state index contributed by atoms with van der Waals surface area (Å²) in [5.41, 5.74) is 0.826. The number of carbonyl (C=O) groups is 1. The van der Waals surface area contributed by atoms with Gasteiger partial charge in [-0.3, -0.25) is 4.79 Å². The Hall–Kier alpha value is -1.70. The SMILES string of the molecule is CCNCC1CCN(C(=O)Cn2nnc(-c3ccc(Cl)cc3)n2)CC1.Cl. The van der Waals surface area contributed by atoms with Gasteiger partial charge >= 0.3 is 0 Å². The van der Waals surface area contributed by atoms with Crippen LogP contribution < -0.4 is 5.32 Å². The zero-order valence-corrected chi connectivity index (χ0v) is 16.3. The molecule has 0 unspecified atom stereocenters. The van der Waals surface area contributed by atoms with Crippen molar-refractivity contribution in [3.05, 3.63) is 29.3 Å². The fourth-order valence-corrected chi connectivity index (χ4v) is 3.11. The van der Waals surface area contributed by atoms with E-state index in [1.165, 1.54) is 4.80 Å². The topological polar surface area (TPSA) is 75.9 Å². The van der Waals surface area contributed by atoms with Gasteiger partial charge in [0.25, 0.3) is 0 Å². The number of piperidine rings is 1. The van der Waals surface area contributed by atoms with Crippen LogP contribution in [0, 0.1) is 5.92 Å². The van der Waals surface area contributed by atoms with Crippen LogP contribution in [0.2, 0.25) is 5.02 Å². The predicted molar refractivity (Wildman–Crippen MR) is 103 cm³/mol. The summed E-state index contributed by atoms with van der Waals surface area (Å²) in [6, 6.07) is 7.22. The van der Waals surface area contributed by atoms with E-state index in [9.17, 15) is 4.79 Å². The number of amides is 1. The Morgan fingerprint density at radius 2 is 1.96 bits per heavy atom. The zero-order chi connectivity index (χ0) is 17.6.